The summed E-state index contributed by atoms with van der Waals surface area (Å²) in [5.41, 5.74) is 3.18. The van der Waals surface area contributed by atoms with Crippen molar-refractivity contribution in [3.05, 3.63) is 54.1 Å². The maximum Gasteiger partial charge on any atom is 0.118 e. The zero-order valence-corrected chi connectivity index (χ0v) is 14.5. The Bertz CT molecular complexity index is 822. The second-order valence-corrected chi connectivity index (χ2v) is 6.54. The average Bonchev–Trinajstić information content (AvgIpc) is 3.11. The van der Waals surface area contributed by atoms with Gasteiger partial charge in [0.15, 0.2) is 0 Å². The summed E-state index contributed by atoms with van der Waals surface area (Å²) in [4.78, 5) is 0. The molecule has 1 aromatic heterocycles. The third kappa shape index (κ3) is 3.37. The van der Waals surface area contributed by atoms with Crippen LogP contribution >= 0.6 is 0 Å². The Morgan fingerprint density at radius 1 is 1.16 bits per heavy atom. The fourth-order valence-electron chi connectivity index (χ4n) is 3.56. The van der Waals surface area contributed by atoms with E-state index in [-0.39, 0.29) is 12.1 Å². The Kier molecular flexibility index (Phi) is 4.65. The lowest BCUT2D eigenvalue weighted by molar-refractivity contribution is 0.00476. The van der Waals surface area contributed by atoms with Crippen LogP contribution in [-0.4, -0.2) is 34.8 Å². The first-order valence-corrected chi connectivity index (χ1v) is 8.90. The highest BCUT2D eigenvalue weighted by molar-refractivity contribution is 5.74. The van der Waals surface area contributed by atoms with Crippen LogP contribution in [0.1, 0.15) is 37.3 Å². The maximum atomic E-state index is 6.00. The Labute approximate surface area is 147 Å². The minimum absolute atomic E-state index is 0.0985. The SMILES string of the molecule is COc1ccc(C(CC2CCCCO2)n2nnc3ccccc32)cc1. The van der Waals surface area contributed by atoms with E-state index in [2.05, 4.69) is 28.5 Å². The van der Waals surface area contributed by atoms with E-state index in [0.29, 0.717) is 0 Å². The monoisotopic (exact) mass is 337 g/mol. The first-order valence-electron chi connectivity index (χ1n) is 8.90. The predicted octanol–water partition coefficient (Wildman–Crippen LogP) is 3.99. The molecule has 2 atom stereocenters. The van der Waals surface area contributed by atoms with Crippen molar-refractivity contribution in [1.82, 2.24) is 15.0 Å². The molecular formula is C20H23N3O2. The largest absolute Gasteiger partial charge is 0.497 e. The molecule has 1 aliphatic heterocycles. The summed E-state index contributed by atoms with van der Waals surface area (Å²) in [6, 6.07) is 16.4. The Hall–Kier alpha value is -2.40. The summed E-state index contributed by atoms with van der Waals surface area (Å²) >= 11 is 0. The molecule has 5 nitrogen and oxygen atoms in total. The summed E-state index contributed by atoms with van der Waals surface area (Å²) in [5.74, 6) is 0.861. The van der Waals surface area contributed by atoms with Gasteiger partial charge >= 0.3 is 0 Å². The van der Waals surface area contributed by atoms with E-state index in [1.54, 1.807) is 7.11 Å². The minimum atomic E-state index is 0.0985. The molecule has 0 bridgehead atoms. The van der Waals surface area contributed by atoms with Gasteiger partial charge < -0.3 is 9.47 Å². The van der Waals surface area contributed by atoms with E-state index in [1.807, 2.05) is 35.0 Å². The van der Waals surface area contributed by atoms with Gasteiger partial charge in [-0.25, -0.2) is 4.68 Å². The fraction of sp³-hybridized carbons (Fsp3) is 0.400. The van der Waals surface area contributed by atoms with Crippen LogP contribution in [0.5, 0.6) is 5.75 Å². The van der Waals surface area contributed by atoms with Gasteiger partial charge in [-0.3, -0.25) is 0 Å². The van der Waals surface area contributed by atoms with Crippen molar-refractivity contribution in [2.75, 3.05) is 13.7 Å². The number of aromatic nitrogens is 3. The Balaban J connectivity index is 1.71. The van der Waals surface area contributed by atoms with Crippen molar-refractivity contribution >= 4 is 11.0 Å². The summed E-state index contributed by atoms with van der Waals surface area (Å²) in [5, 5.41) is 8.80. The van der Waals surface area contributed by atoms with Gasteiger partial charge in [-0.05, 0) is 49.1 Å². The zero-order valence-electron chi connectivity index (χ0n) is 14.5. The van der Waals surface area contributed by atoms with Crippen LogP contribution in [0.3, 0.4) is 0 Å². The topological polar surface area (TPSA) is 49.2 Å². The van der Waals surface area contributed by atoms with E-state index in [9.17, 15) is 0 Å². The molecule has 1 fully saturated rings. The van der Waals surface area contributed by atoms with Crippen LogP contribution in [0, 0.1) is 0 Å². The summed E-state index contributed by atoms with van der Waals surface area (Å²) < 4.78 is 13.3. The number of para-hydroxylation sites is 1. The number of methoxy groups -OCH3 is 1. The van der Waals surface area contributed by atoms with Crippen LogP contribution in [0.4, 0.5) is 0 Å². The quantitative estimate of drug-likeness (QED) is 0.706. The number of benzene rings is 2. The first-order chi connectivity index (χ1) is 12.3. The highest BCUT2D eigenvalue weighted by Crippen LogP contribution is 2.31. The third-order valence-electron chi connectivity index (χ3n) is 4.93. The second-order valence-electron chi connectivity index (χ2n) is 6.54. The smallest absolute Gasteiger partial charge is 0.118 e. The van der Waals surface area contributed by atoms with Gasteiger partial charge in [-0.15, -0.1) is 5.10 Å². The van der Waals surface area contributed by atoms with Crippen LogP contribution in [0.15, 0.2) is 48.5 Å². The normalized spacial score (nSPS) is 19.0. The molecule has 25 heavy (non-hydrogen) atoms. The van der Waals surface area contributed by atoms with E-state index in [1.165, 1.54) is 12.0 Å². The molecule has 2 heterocycles. The van der Waals surface area contributed by atoms with Gasteiger partial charge in [0.05, 0.1) is 24.8 Å². The Morgan fingerprint density at radius 2 is 2.00 bits per heavy atom. The molecule has 3 aromatic rings. The zero-order chi connectivity index (χ0) is 17.1. The number of ether oxygens (including phenoxy) is 2. The molecule has 2 unspecified atom stereocenters. The van der Waals surface area contributed by atoms with Gasteiger partial charge in [0.1, 0.15) is 11.3 Å². The van der Waals surface area contributed by atoms with Crippen molar-refractivity contribution in [3.8, 4) is 5.75 Å². The number of fused-ring (bicyclic) bond motifs is 1. The first kappa shape index (κ1) is 16.1. The average molecular weight is 337 g/mol. The fourth-order valence-corrected chi connectivity index (χ4v) is 3.56. The molecular weight excluding hydrogens is 314 g/mol. The van der Waals surface area contributed by atoms with Crippen LogP contribution in [0.25, 0.3) is 11.0 Å². The predicted molar refractivity (Wildman–Crippen MR) is 96.9 cm³/mol. The number of rotatable bonds is 5. The van der Waals surface area contributed by atoms with Gasteiger partial charge in [-0.1, -0.05) is 29.5 Å². The van der Waals surface area contributed by atoms with Crippen molar-refractivity contribution in [1.29, 1.82) is 0 Å². The summed E-state index contributed by atoms with van der Waals surface area (Å²) in [6.07, 6.45) is 4.68. The summed E-state index contributed by atoms with van der Waals surface area (Å²) in [7, 11) is 1.69. The van der Waals surface area contributed by atoms with Crippen molar-refractivity contribution < 1.29 is 9.47 Å². The standard InChI is InChI=1S/C20H23N3O2/c1-24-16-11-9-15(10-12-16)20(14-17-6-4-5-13-25-17)23-19-8-3-2-7-18(19)21-22-23/h2-3,7-12,17,20H,4-6,13-14H2,1H3. The molecule has 0 saturated carbocycles. The van der Waals surface area contributed by atoms with Gasteiger partial charge in [0.25, 0.3) is 0 Å². The van der Waals surface area contributed by atoms with Crippen molar-refractivity contribution in [3.63, 3.8) is 0 Å². The van der Waals surface area contributed by atoms with Crippen molar-refractivity contribution in [2.24, 2.45) is 0 Å². The lowest BCUT2D eigenvalue weighted by atomic mass is 9.96. The van der Waals surface area contributed by atoms with E-state index >= 15 is 0 Å². The maximum absolute atomic E-state index is 6.00. The van der Waals surface area contributed by atoms with E-state index < -0.39 is 0 Å². The van der Waals surface area contributed by atoms with Crippen LogP contribution in [-0.2, 0) is 4.74 Å². The van der Waals surface area contributed by atoms with Crippen LogP contribution in [0.2, 0.25) is 0 Å². The number of nitrogens with zero attached hydrogens (tertiary/aromatic N) is 3. The number of hydrogen-bond donors (Lipinski definition) is 0. The highest BCUT2D eigenvalue weighted by atomic mass is 16.5. The molecule has 0 radical (unpaired) electrons. The lowest BCUT2D eigenvalue weighted by Crippen LogP contribution is -2.25. The molecule has 0 aliphatic carbocycles. The minimum Gasteiger partial charge on any atom is -0.497 e. The molecule has 4 rings (SSSR count). The lowest BCUT2D eigenvalue weighted by Gasteiger charge is -2.27. The van der Waals surface area contributed by atoms with E-state index in [4.69, 9.17) is 9.47 Å². The van der Waals surface area contributed by atoms with Crippen LogP contribution < -0.4 is 4.74 Å². The second kappa shape index (κ2) is 7.23. The third-order valence-corrected chi connectivity index (χ3v) is 4.93. The Morgan fingerprint density at radius 3 is 2.76 bits per heavy atom. The molecule has 2 aromatic carbocycles. The van der Waals surface area contributed by atoms with Gasteiger partial charge in [0, 0.05) is 13.0 Å². The number of hydrogen-bond acceptors (Lipinski definition) is 4. The highest BCUT2D eigenvalue weighted by Gasteiger charge is 2.24. The van der Waals surface area contributed by atoms with Crippen molar-refractivity contribution in [2.45, 2.75) is 37.8 Å². The summed E-state index contributed by atoms with van der Waals surface area (Å²) in [6.45, 7) is 0.859. The molecule has 0 spiro atoms. The van der Waals surface area contributed by atoms with Gasteiger partial charge in [0.2, 0.25) is 0 Å². The van der Waals surface area contributed by atoms with E-state index in [0.717, 1.165) is 42.7 Å². The molecule has 0 N–H and O–H groups in total. The molecule has 130 valence electrons. The molecule has 1 saturated heterocycles. The molecule has 0 amide bonds. The van der Waals surface area contributed by atoms with Gasteiger partial charge in [-0.2, -0.15) is 0 Å². The molecule has 1 aliphatic rings. The molecule has 5 heteroatoms.